The van der Waals surface area contributed by atoms with Gasteiger partial charge in [-0.25, -0.2) is 4.79 Å². The van der Waals surface area contributed by atoms with Crippen molar-refractivity contribution >= 4 is 45.0 Å². The molecule has 1 N–H and O–H groups in total. The molecular formula is C27H21BrN2O4. The number of esters is 1. The molecule has 3 aromatic rings. The van der Waals surface area contributed by atoms with Gasteiger partial charge in [-0.2, -0.15) is 0 Å². The van der Waals surface area contributed by atoms with Crippen LogP contribution in [0.25, 0.3) is 5.57 Å². The molecule has 5 rings (SSSR count). The summed E-state index contributed by atoms with van der Waals surface area (Å²) in [4.78, 5) is 41.7. The van der Waals surface area contributed by atoms with E-state index in [-0.39, 0.29) is 18.0 Å². The van der Waals surface area contributed by atoms with E-state index in [1.54, 1.807) is 29.2 Å². The maximum Gasteiger partial charge on any atom is 0.356 e. The fourth-order valence-corrected chi connectivity index (χ4v) is 4.95. The second kappa shape index (κ2) is 8.57. The first-order valence-electron chi connectivity index (χ1n) is 10.9. The maximum atomic E-state index is 13.7. The third-order valence-corrected chi connectivity index (χ3v) is 6.68. The fourth-order valence-electron chi connectivity index (χ4n) is 4.59. The van der Waals surface area contributed by atoms with Crippen LogP contribution in [0.2, 0.25) is 0 Å². The topological polar surface area (TPSA) is 75.7 Å². The van der Waals surface area contributed by atoms with Crippen LogP contribution in [0.5, 0.6) is 0 Å². The van der Waals surface area contributed by atoms with Gasteiger partial charge in [0.25, 0.3) is 11.8 Å². The first-order valence-corrected chi connectivity index (χ1v) is 11.7. The van der Waals surface area contributed by atoms with E-state index in [1.165, 1.54) is 0 Å². The molecule has 0 aliphatic carbocycles. The van der Waals surface area contributed by atoms with E-state index in [9.17, 15) is 14.4 Å². The lowest BCUT2D eigenvalue weighted by Crippen LogP contribution is -2.48. The minimum atomic E-state index is -1.50. The highest BCUT2D eigenvalue weighted by molar-refractivity contribution is 9.10. The third kappa shape index (κ3) is 3.53. The van der Waals surface area contributed by atoms with E-state index in [2.05, 4.69) is 21.2 Å². The zero-order valence-corrected chi connectivity index (χ0v) is 20.0. The van der Waals surface area contributed by atoms with Gasteiger partial charge in [0.2, 0.25) is 5.60 Å². The van der Waals surface area contributed by atoms with Crippen molar-refractivity contribution < 1.29 is 19.1 Å². The van der Waals surface area contributed by atoms with Gasteiger partial charge in [-0.1, -0.05) is 64.5 Å². The average Bonchev–Trinajstić information content (AvgIpc) is 3.08. The number of carbonyl (C=O) groups is 3. The number of nitrogens with zero attached hydrogens (tertiary/aromatic N) is 1. The van der Waals surface area contributed by atoms with Gasteiger partial charge in [0, 0.05) is 28.6 Å². The number of anilines is 1. The maximum absolute atomic E-state index is 13.7. The van der Waals surface area contributed by atoms with Crippen LogP contribution in [0.1, 0.15) is 34.8 Å². The van der Waals surface area contributed by atoms with Crippen LogP contribution in [0.3, 0.4) is 0 Å². The van der Waals surface area contributed by atoms with Crippen molar-refractivity contribution in [3.8, 4) is 0 Å². The monoisotopic (exact) mass is 516 g/mol. The smallest absolute Gasteiger partial charge is 0.356 e. The molecule has 0 aromatic heterocycles. The van der Waals surface area contributed by atoms with Gasteiger partial charge < -0.3 is 15.0 Å². The number of rotatable bonds is 4. The molecule has 0 saturated heterocycles. The first kappa shape index (κ1) is 22.1. The molecule has 3 aromatic carbocycles. The van der Waals surface area contributed by atoms with E-state index in [0.29, 0.717) is 28.9 Å². The number of amides is 2. The number of hydrogen-bond acceptors (Lipinski definition) is 4. The quantitative estimate of drug-likeness (QED) is 0.505. The molecule has 34 heavy (non-hydrogen) atoms. The lowest BCUT2D eigenvalue weighted by Gasteiger charge is -2.35. The number of nitrogens with one attached hydrogen (secondary N) is 1. The predicted octanol–water partition coefficient (Wildman–Crippen LogP) is 4.80. The Morgan fingerprint density at radius 1 is 1.03 bits per heavy atom. The summed E-state index contributed by atoms with van der Waals surface area (Å²) in [5, 5.41) is 2.75. The molecule has 7 heteroatoms. The van der Waals surface area contributed by atoms with Crippen molar-refractivity contribution in [3.05, 3.63) is 106 Å². The highest BCUT2D eigenvalue weighted by Crippen LogP contribution is 2.51. The van der Waals surface area contributed by atoms with Crippen LogP contribution in [-0.2, 0) is 19.9 Å². The summed E-state index contributed by atoms with van der Waals surface area (Å²) in [5.41, 5.74) is 1.60. The number of hydrogen-bond donors (Lipinski definition) is 1. The summed E-state index contributed by atoms with van der Waals surface area (Å²) < 4.78 is 6.72. The number of benzene rings is 3. The molecule has 170 valence electrons. The summed E-state index contributed by atoms with van der Waals surface area (Å²) in [7, 11) is 0. The van der Waals surface area contributed by atoms with E-state index in [0.717, 1.165) is 10.0 Å². The SMILES string of the molecule is CCN1C(=O)[C@@]2(CC(c3ccccc3)=C(NC(=O)c3ccccc3)C(=O)O2)c2cc(Br)ccc21. The second-order valence-corrected chi connectivity index (χ2v) is 9.06. The largest absolute Gasteiger partial charge is 0.439 e. The Bertz CT molecular complexity index is 1340. The number of ether oxygens (including phenoxy) is 1. The van der Waals surface area contributed by atoms with Crippen LogP contribution in [0, 0.1) is 0 Å². The summed E-state index contributed by atoms with van der Waals surface area (Å²) in [5.74, 6) is -1.46. The van der Waals surface area contributed by atoms with Gasteiger partial charge in [-0.3, -0.25) is 9.59 Å². The number of likely N-dealkylation sites (N-methyl/N-ethyl adjacent to an activating group) is 1. The molecule has 0 unspecified atom stereocenters. The van der Waals surface area contributed by atoms with Crippen molar-refractivity contribution in [1.29, 1.82) is 0 Å². The molecule has 0 bridgehead atoms. The minimum Gasteiger partial charge on any atom is -0.439 e. The third-order valence-electron chi connectivity index (χ3n) is 6.19. The van der Waals surface area contributed by atoms with Crippen LogP contribution in [0.4, 0.5) is 5.69 Å². The zero-order chi connectivity index (χ0) is 23.9. The highest BCUT2D eigenvalue weighted by Gasteiger charge is 2.57. The van der Waals surface area contributed by atoms with Gasteiger partial charge in [0.15, 0.2) is 0 Å². The lowest BCUT2D eigenvalue weighted by molar-refractivity contribution is -0.165. The van der Waals surface area contributed by atoms with E-state index in [4.69, 9.17) is 4.74 Å². The molecule has 2 aliphatic heterocycles. The zero-order valence-electron chi connectivity index (χ0n) is 18.4. The van der Waals surface area contributed by atoms with Gasteiger partial charge in [-0.05, 0) is 48.4 Å². The minimum absolute atomic E-state index is 0.0463. The normalized spacial score (nSPS) is 19.3. The molecule has 1 spiro atoms. The standard InChI is InChI=1S/C27H21BrN2O4/c1-2-30-22-14-13-19(28)15-21(22)27(26(30)33)16-20(17-9-5-3-6-10-17)23(25(32)34-27)29-24(31)18-11-7-4-8-12-18/h3-15H,2,16H2,1H3,(H,29,31)/t27-/m1/s1. The molecule has 6 nitrogen and oxygen atoms in total. The van der Waals surface area contributed by atoms with Gasteiger partial charge in [0.05, 0.1) is 5.69 Å². The average molecular weight is 517 g/mol. The molecule has 0 fully saturated rings. The van der Waals surface area contributed by atoms with Crippen LogP contribution in [0.15, 0.2) is 89.0 Å². The Morgan fingerprint density at radius 3 is 2.38 bits per heavy atom. The summed E-state index contributed by atoms with van der Waals surface area (Å²) in [6.45, 7) is 2.32. The Balaban J connectivity index is 1.65. The van der Waals surface area contributed by atoms with Crippen molar-refractivity contribution in [2.45, 2.75) is 18.9 Å². The number of carbonyl (C=O) groups excluding carboxylic acids is 3. The molecular weight excluding hydrogens is 496 g/mol. The van der Waals surface area contributed by atoms with Crippen molar-refractivity contribution in [1.82, 2.24) is 5.32 Å². The van der Waals surface area contributed by atoms with E-state index >= 15 is 0 Å². The number of halogens is 1. The highest BCUT2D eigenvalue weighted by atomic mass is 79.9. The Labute approximate surface area is 205 Å². The Hall–Kier alpha value is -3.71. The van der Waals surface area contributed by atoms with Crippen LogP contribution in [-0.4, -0.2) is 24.3 Å². The number of fused-ring (bicyclic) bond motifs is 2. The van der Waals surface area contributed by atoms with Gasteiger partial charge >= 0.3 is 5.97 Å². The van der Waals surface area contributed by atoms with Crippen LogP contribution >= 0.6 is 15.9 Å². The van der Waals surface area contributed by atoms with Crippen LogP contribution < -0.4 is 10.2 Å². The molecule has 2 amide bonds. The Kier molecular flexibility index (Phi) is 5.57. The van der Waals surface area contributed by atoms with Crippen molar-refractivity contribution in [2.75, 3.05) is 11.4 Å². The summed E-state index contributed by atoms with van der Waals surface area (Å²) >= 11 is 3.48. The molecule has 1 atom stereocenters. The summed E-state index contributed by atoms with van der Waals surface area (Å²) in [6.07, 6.45) is 0.103. The Morgan fingerprint density at radius 2 is 1.71 bits per heavy atom. The van der Waals surface area contributed by atoms with Gasteiger partial charge in [-0.15, -0.1) is 0 Å². The van der Waals surface area contributed by atoms with E-state index < -0.39 is 17.5 Å². The van der Waals surface area contributed by atoms with E-state index in [1.807, 2.05) is 61.5 Å². The van der Waals surface area contributed by atoms with Gasteiger partial charge in [0.1, 0.15) is 5.70 Å². The second-order valence-electron chi connectivity index (χ2n) is 8.14. The molecule has 2 aliphatic rings. The predicted molar refractivity (Wildman–Crippen MR) is 132 cm³/mol. The van der Waals surface area contributed by atoms with Crippen molar-refractivity contribution in [3.63, 3.8) is 0 Å². The molecule has 0 radical (unpaired) electrons. The molecule has 2 heterocycles. The first-order chi connectivity index (χ1) is 16.4. The summed E-state index contributed by atoms with van der Waals surface area (Å²) in [6, 6.07) is 23.5. The lowest BCUT2D eigenvalue weighted by atomic mass is 9.82. The fraction of sp³-hybridized carbons (Fsp3) is 0.148. The molecule has 0 saturated carbocycles. The van der Waals surface area contributed by atoms with Crippen molar-refractivity contribution in [2.24, 2.45) is 0 Å².